The lowest BCUT2D eigenvalue weighted by Crippen LogP contribution is -2.53. The van der Waals surface area contributed by atoms with Gasteiger partial charge in [-0.1, -0.05) is 0 Å². The molecule has 31 heavy (non-hydrogen) atoms. The van der Waals surface area contributed by atoms with E-state index in [-0.39, 0.29) is 6.54 Å². The predicted molar refractivity (Wildman–Crippen MR) is 106 cm³/mol. The van der Waals surface area contributed by atoms with Gasteiger partial charge in [-0.2, -0.15) is 18.3 Å². The maximum absolute atomic E-state index is 12.2. The van der Waals surface area contributed by atoms with E-state index in [0.717, 1.165) is 50.4 Å². The van der Waals surface area contributed by atoms with E-state index < -0.39 is 18.1 Å². The van der Waals surface area contributed by atoms with Gasteiger partial charge in [0.15, 0.2) is 0 Å². The van der Waals surface area contributed by atoms with Crippen LogP contribution < -0.4 is 10.7 Å². The molecular formula is C19H25F3N6O3. The standard InChI is InChI=1S/C19H25F3N6O3/c20-19(21,22)18(30)31-17(29)13-26-5-3-15(4-6-26)27-7-9-28(10-8-27)16-2-1-14(11-24-16)12-25-23/h1-2,11-12,15H,3-10,13,23H2/b25-12+. The van der Waals surface area contributed by atoms with Crippen molar-refractivity contribution in [1.82, 2.24) is 14.8 Å². The second kappa shape index (κ2) is 10.1. The molecule has 2 aliphatic rings. The van der Waals surface area contributed by atoms with Crippen LogP contribution in [0, 0.1) is 0 Å². The number of nitrogens with zero attached hydrogens (tertiary/aromatic N) is 5. The van der Waals surface area contributed by atoms with Gasteiger partial charge in [0, 0.05) is 57.1 Å². The number of likely N-dealkylation sites (tertiary alicyclic amines) is 1. The number of hydrogen-bond donors (Lipinski definition) is 1. The Bertz CT molecular complexity index is 786. The van der Waals surface area contributed by atoms with Gasteiger partial charge >= 0.3 is 18.1 Å². The number of anilines is 1. The summed E-state index contributed by atoms with van der Waals surface area (Å²) in [6, 6.07) is 4.20. The summed E-state index contributed by atoms with van der Waals surface area (Å²) >= 11 is 0. The number of aromatic nitrogens is 1. The summed E-state index contributed by atoms with van der Waals surface area (Å²) < 4.78 is 40.4. The van der Waals surface area contributed by atoms with E-state index in [0.29, 0.717) is 19.1 Å². The smallest absolute Gasteiger partial charge is 0.385 e. The van der Waals surface area contributed by atoms with Crippen LogP contribution in [0.4, 0.5) is 19.0 Å². The van der Waals surface area contributed by atoms with Crippen molar-refractivity contribution in [2.75, 3.05) is 50.7 Å². The Morgan fingerprint density at radius 3 is 2.39 bits per heavy atom. The second-order valence-electron chi connectivity index (χ2n) is 7.52. The van der Waals surface area contributed by atoms with E-state index in [1.807, 2.05) is 12.1 Å². The maximum Gasteiger partial charge on any atom is 0.491 e. The number of rotatable bonds is 5. The Morgan fingerprint density at radius 2 is 1.84 bits per heavy atom. The largest absolute Gasteiger partial charge is 0.491 e. The average molecular weight is 442 g/mol. The van der Waals surface area contributed by atoms with Gasteiger partial charge in [-0.15, -0.1) is 0 Å². The highest BCUT2D eigenvalue weighted by Crippen LogP contribution is 2.21. The molecule has 0 aromatic carbocycles. The molecule has 3 rings (SSSR count). The number of carbonyl (C=O) groups is 2. The van der Waals surface area contributed by atoms with Crippen LogP contribution in [-0.2, 0) is 14.3 Å². The number of halogens is 3. The van der Waals surface area contributed by atoms with Gasteiger partial charge in [0.1, 0.15) is 5.82 Å². The van der Waals surface area contributed by atoms with Crippen molar-refractivity contribution in [2.24, 2.45) is 10.9 Å². The van der Waals surface area contributed by atoms with Gasteiger partial charge in [0.2, 0.25) is 0 Å². The molecule has 0 unspecified atom stereocenters. The molecule has 2 fully saturated rings. The van der Waals surface area contributed by atoms with Gasteiger partial charge in [0.05, 0.1) is 12.8 Å². The Morgan fingerprint density at radius 1 is 1.16 bits per heavy atom. The van der Waals surface area contributed by atoms with Crippen LogP contribution in [0.15, 0.2) is 23.4 Å². The summed E-state index contributed by atoms with van der Waals surface area (Å²) in [5.74, 6) is 2.39. The number of esters is 2. The van der Waals surface area contributed by atoms with Gasteiger partial charge in [-0.3, -0.25) is 14.6 Å². The van der Waals surface area contributed by atoms with Crippen molar-refractivity contribution in [3.8, 4) is 0 Å². The van der Waals surface area contributed by atoms with Crippen LogP contribution in [0.1, 0.15) is 18.4 Å². The third-order valence-electron chi connectivity index (χ3n) is 5.50. The number of hydrogen-bond acceptors (Lipinski definition) is 9. The lowest BCUT2D eigenvalue weighted by Gasteiger charge is -2.42. The van der Waals surface area contributed by atoms with E-state index in [4.69, 9.17) is 5.84 Å². The molecule has 9 nitrogen and oxygen atoms in total. The third kappa shape index (κ3) is 6.37. The molecule has 3 heterocycles. The van der Waals surface area contributed by atoms with E-state index in [2.05, 4.69) is 24.6 Å². The highest BCUT2D eigenvalue weighted by Gasteiger charge is 2.42. The zero-order chi connectivity index (χ0) is 22.4. The molecule has 0 aliphatic carbocycles. The van der Waals surface area contributed by atoms with E-state index >= 15 is 0 Å². The number of piperazine rings is 1. The SMILES string of the molecule is N/N=C/c1ccc(N2CCN(C3CCN(CC(=O)OC(=O)C(F)(F)F)CC3)CC2)nc1. The first-order valence-corrected chi connectivity index (χ1v) is 9.99. The van der Waals surface area contributed by atoms with Gasteiger partial charge in [-0.05, 0) is 25.0 Å². The normalized spacial score (nSPS) is 19.6. The van der Waals surface area contributed by atoms with Crippen molar-refractivity contribution >= 4 is 24.0 Å². The van der Waals surface area contributed by atoms with E-state index in [1.54, 1.807) is 11.1 Å². The number of hydrazone groups is 1. The van der Waals surface area contributed by atoms with Crippen molar-refractivity contribution in [3.63, 3.8) is 0 Å². The molecule has 0 spiro atoms. The average Bonchev–Trinajstić information content (AvgIpc) is 2.74. The van der Waals surface area contributed by atoms with Gasteiger partial charge in [0.25, 0.3) is 0 Å². The predicted octanol–water partition coefficient (Wildman–Crippen LogP) is 0.593. The summed E-state index contributed by atoms with van der Waals surface area (Å²) in [6.07, 6.45) is -0.311. The maximum atomic E-state index is 12.2. The van der Waals surface area contributed by atoms with E-state index in [9.17, 15) is 22.8 Å². The van der Waals surface area contributed by atoms with Crippen LogP contribution in [0.25, 0.3) is 0 Å². The van der Waals surface area contributed by atoms with Crippen LogP contribution in [0.3, 0.4) is 0 Å². The molecule has 170 valence electrons. The highest BCUT2D eigenvalue weighted by atomic mass is 19.4. The van der Waals surface area contributed by atoms with Gasteiger partial charge < -0.3 is 15.5 Å². The first kappa shape index (κ1) is 22.9. The fourth-order valence-corrected chi connectivity index (χ4v) is 3.88. The lowest BCUT2D eigenvalue weighted by atomic mass is 10.0. The number of ether oxygens (including phenoxy) is 1. The Hall–Kier alpha value is -2.73. The molecule has 1 aromatic heterocycles. The number of nitrogens with two attached hydrogens (primary N) is 1. The Labute approximate surface area is 177 Å². The highest BCUT2D eigenvalue weighted by molar-refractivity contribution is 5.89. The van der Waals surface area contributed by atoms with Crippen LogP contribution >= 0.6 is 0 Å². The Balaban J connectivity index is 1.40. The number of pyridine rings is 1. The first-order chi connectivity index (χ1) is 14.8. The second-order valence-corrected chi connectivity index (χ2v) is 7.52. The molecule has 2 saturated heterocycles. The third-order valence-corrected chi connectivity index (χ3v) is 5.50. The summed E-state index contributed by atoms with van der Waals surface area (Å²) in [7, 11) is 0. The number of carbonyl (C=O) groups excluding carboxylic acids is 2. The molecule has 0 amide bonds. The summed E-state index contributed by atoms with van der Waals surface area (Å²) in [4.78, 5) is 33.1. The molecule has 2 N–H and O–H groups in total. The molecule has 12 heteroatoms. The zero-order valence-corrected chi connectivity index (χ0v) is 16.9. The molecule has 0 atom stereocenters. The lowest BCUT2D eigenvalue weighted by molar-refractivity contribution is -0.202. The topological polar surface area (TPSA) is 104 Å². The Kier molecular flexibility index (Phi) is 7.44. The summed E-state index contributed by atoms with van der Waals surface area (Å²) in [5.41, 5.74) is 0.836. The first-order valence-electron chi connectivity index (χ1n) is 9.99. The quantitative estimate of drug-likeness (QED) is 0.232. The molecule has 0 bridgehead atoms. The van der Waals surface area contributed by atoms with Crippen molar-refractivity contribution < 1.29 is 27.5 Å². The molecular weight excluding hydrogens is 417 g/mol. The number of piperidine rings is 1. The van der Waals surface area contributed by atoms with Crippen LogP contribution in [0.2, 0.25) is 0 Å². The van der Waals surface area contributed by atoms with Crippen LogP contribution in [-0.4, -0.2) is 91.0 Å². The number of alkyl halides is 3. The fourth-order valence-electron chi connectivity index (χ4n) is 3.88. The van der Waals surface area contributed by atoms with Crippen molar-refractivity contribution in [1.29, 1.82) is 0 Å². The van der Waals surface area contributed by atoms with E-state index in [1.165, 1.54) is 6.21 Å². The fraction of sp³-hybridized carbons (Fsp3) is 0.579. The van der Waals surface area contributed by atoms with Crippen LogP contribution in [0.5, 0.6) is 0 Å². The monoisotopic (exact) mass is 442 g/mol. The van der Waals surface area contributed by atoms with Gasteiger partial charge in [-0.25, -0.2) is 9.78 Å². The molecule has 0 saturated carbocycles. The van der Waals surface area contributed by atoms with Crippen molar-refractivity contribution in [3.05, 3.63) is 23.9 Å². The minimum Gasteiger partial charge on any atom is -0.385 e. The minimum absolute atomic E-state index is 0.321. The summed E-state index contributed by atoms with van der Waals surface area (Å²) in [5, 5.41) is 3.48. The zero-order valence-electron chi connectivity index (χ0n) is 16.9. The molecule has 1 aromatic rings. The summed E-state index contributed by atoms with van der Waals surface area (Å²) in [6.45, 7) is 4.23. The molecule has 0 radical (unpaired) electrons. The minimum atomic E-state index is -5.17. The van der Waals surface area contributed by atoms with Crippen molar-refractivity contribution in [2.45, 2.75) is 25.1 Å². The molecule has 2 aliphatic heterocycles.